The van der Waals surface area contributed by atoms with Gasteiger partial charge in [0.1, 0.15) is 0 Å². The Morgan fingerprint density at radius 1 is 0.397 bits per heavy atom. The summed E-state index contributed by atoms with van der Waals surface area (Å²) >= 11 is 0. The minimum Gasteiger partial charge on any atom is -0.375 e. The monoisotopic (exact) mass is 885 g/mol. The summed E-state index contributed by atoms with van der Waals surface area (Å²) in [6.45, 7) is 30.5. The van der Waals surface area contributed by atoms with E-state index in [0.717, 1.165) is 0 Å². The van der Waals surface area contributed by atoms with Crippen LogP contribution in [0.25, 0.3) is 66.3 Å². The summed E-state index contributed by atoms with van der Waals surface area (Å²) in [4.78, 5) is 2.59. The first-order chi connectivity index (χ1) is 32.2. The normalized spacial score (nSPS) is 13.6. The molecule has 1 aromatic heterocycles. The third-order valence-electron chi connectivity index (χ3n) is 15.2. The molecular weight excluding hydrogens is 820 g/mol. The average molecular weight is 885 g/mol. The highest BCUT2D eigenvalue weighted by atomic mass is 15.2. The van der Waals surface area contributed by atoms with E-state index in [9.17, 15) is 0 Å². The van der Waals surface area contributed by atoms with E-state index < -0.39 is 0 Å². The van der Waals surface area contributed by atoms with Gasteiger partial charge in [0.2, 0.25) is 0 Å². The van der Waals surface area contributed by atoms with Crippen molar-refractivity contribution >= 4 is 56.6 Å². The number of fused-ring (bicyclic) bond motifs is 7. The predicted molar refractivity (Wildman–Crippen MR) is 296 cm³/mol. The number of nitrogens with zero attached hydrogens (tertiary/aromatic N) is 2. The van der Waals surface area contributed by atoms with E-state index >= 15 is 0 Å². The molecule has 0 atom stereocenters. The highest BCUT2D eigenvalue weighted by Gasteiger charge is 2.45. The topological polar surface area (TPSA) is 8.17 Å². The zero-order valence-corrected chi connectivity index (χ0v) is 42.5. The molecule has 338 valence electrons. The Bertz CT molecular complexity index is 3450. The molecule has 0 unspecified atom stereocenters. The molecule has 9 aromatic rings. The molecule has 2 aliphatic heterocycles. The van der Waals surface area contributed by atoms with Crippen LogP contribution in [0.4, 0.5) is 17.1 Å². The summed E-state index contributed by atoms with van der Waals surface area (Å²) in [5.74, 6) is 0. The summed E-state index contributed by atoms with van der Waals surface area (Å²) in [5.41, 5.74) is 25.8. The van der Waals surface area contributed by atoms with Crippen LogP contribution in [0.5, 0.6) is 0 Å². The van der Waals surface area contributed by atoms with Crippen molar-refractivity contribution in [2.24, 2.45) is 0 Å². The summed E-state index contributed by atoms with van der Waals surface area (Å²) in [5, 5.41) is 2.69. The van der Waals surface area contributed by atoms with Gasteiger partial charge in [-0.15, -0.1) is 0 Å². The molecule has 0 spiro atoms. The molecule has 0 saturated carbocycles. The van der Waals surface area contributed by atoms with Gasteiger partial charge >= 0.3 is 6.85 Å². The molecule has 0 aliphatic carbocycles. The van der Waals surface area contributed by atoms with Crippen LogP contribution < -0.4 is 15.8 Å². The lowest BCUT2D eigenvalue weighted by molar-refractivity contribution is 0.590. The minimum absolute atomic E-state index is 0.0120. The molecule has 68 heavy (non-hydrogen) atoms. The number of rotatable bonds is 4. The fourth-order valence-corrected chi connectivity index (χ4v) is 11.1. The smallest absolute Gasteiger partial charge is 0.333 e. The van der Waals surface area contributed by atoms with Crippen LogP contribution in [0.3, 0.4) is 0 Å². The van der Waals surface area contributed by atoms with E-state index in [1.807, 2.05) is 0 Å². The van der Waals surface area contributed by atoms with Gasteiger partial charge in [-0.3, -0.25) is 0 Å². The maximum absolute atomic E-state index is 2.74. The molecule has 8 aromatic carbocycles. The number of benzene rings is 8. The van der Waals surface area contributed by atoms with Crippen molar-refractivity contribution in [1.29, 1.82) is 0 Å². The zero-order chi connectivity index (χ0) is 47.8. The van der Waals surface area contributed by atoms with E-state index in [-0.39, 0.29) is 28.5 Å². The lowest BCUT2D eigenvalue weighted by atomic mass is 9.44. The van der Waals surface area contributed by atoms with Gasteiger partial charge in [0.15, 0.2) is 0 Å². The maximum atomic E-state index is 2.74. The Kier molecular flexibility index (Phi) is 9.84. The fraction of sp³-hybridized carbons (Fsp3) is 0.262. The van der Waals surface area contributed by atoms with Crippen LogP contribution in [0, 0.1) is 6.92 Å². The quantitative estimate of drug-likeness (QED) is 0.160. The molecule has 0 N–H and O–H groups in total. The second-order valence-electron chi connectivity index (χ2n) is 24.0. The highest BCUT2D eigenvalue weighted by Crippen LogP contribution is 2.50. The molecule has 3 heterocycles. The molecular formula is C65H65BN2. The van der Waals surface area contributed by atoms with Crippen molar-refractivity contribution in [3.8, 4) is 44.5 Å². The predicted octanol–water partition coefficient (Wildman–Crippen LogP) is 16.7. The SMILES string of the molecule is Cc1c(-c2ccc(-c3ccc(-c4ccccc4)cc3)cc2)cc2c3c1-c1cc(C(C)(C)C)cc4c5cc(C(C)(C)C)ccc5n(c14)B3c1cc(C(C)(C)C)ccc1N2c1ccc(C(C)(C)C)cc1. The largest absolute Gasteiger partial charge is 0.375 e. The van der Waals surface area contributed by atoms with Gasteiger partial charge in [0.05, 0.1) is 0 Å². The van der Waals surface area contributed by atoms with E-state index in [0.29, 0.717) is 0 Å². The molecule has 11 rings (SSSR count). The van der Waals surface area contributed by atoms with E-state index in [1.165, 1.54) is 122 Å². The van der Waals surface area contributed by atoms with E-state index in [4.69, 9.17) is 0 Å². The van der Waals surface area contributed by atoms with Crippen LogP contribution in [0.1, 0.15) is 111 Å². The number of hydrogen-bond acceptors (Lipinski definition) is 1. The second kappa shape index (κ2) is 15.2. The molecule has 2 nitrogen and oxygen atoms in total. The maximum Gasteiger partial charge on any atom is 0.333 e. The molecule has 2 aliphatic rings. The Labute approximate surface area is 405 Å². The van der Waals surface area contributed by atoms with Gasteiger partial charge in [0.25, 0.3) is 0 Å². The highest BCUT2D eigenvalue weighted by molar-refractivity contribution is 6.90. The molecule has 0 saturated heterocycles. The molecule has 0 bridgehead atoms. The third-order valence-corrected chi connectivity index (χ3v) is 15.2. The van der Waals surface area contributed by atoms with Crippen molar-refractivity contribution < 1.29 is 0 Å². The van der Waals surface area contributed by atoms with Crippen LogP contribution in [-0.2, 0) is 21.7 Å². The Morgan fingerprint density at radius 3 is 1.47 bits per heavy atom. The zero-order valence-electron chi connectivity index (χ0n) is 42.5. The third kappa shape index (κ3) is 7.07. The van der Waals surface area contributed by atoms with Crippen LogP contribution in [0.2, 0.25) is 0 Å². The first kappa shape index (κ1) is 44.0. The van der Waals surface area contributed by atoms with Gasteiger partial charge in [-0.05, 0) is 155 Å². The summed E-state index contributed by atoms with van der Waals surface area (Å²) in [6.07, 6.45) is 0. The fourth-order valence-electron chi connectivity index (χ4n) is 11.1. The number of anilines is 3. The Hall–Kier alpha value is -6.58. The first-order valence-electron chi connectivity index (χ1n) is 24.8. The van der Waals surface area contributed by atoms with Crippen LogP contribution in [0.15, 0.2) is 158 Å². The molecule has 0 radical (unpaired) electrons. The van der Waals surface area contributed by atoms with E-state index in [2.05, 4.69) is 257 Å². The van der Waals surface area contributed by atoms with Crippen LogP contribution in [-0.4, -0.2) is 11.3 Å². The minimum atomic E-state index is -0.0622. The first-order valence-corrected chi connectivity index (χ1v) is 24.8. The van der Waals surface area contributed by atoms with Gasteiger partial charge < -0.3 is 9.38 Å². The lowest BCUT2D eigenvalue weighted by Crippen LogP contribution is -2.57. The van der Waals surface area contributed by atoms with Crippen molar-refractivity contribution in [3.63, 3.8) is 0 Å². The van der Waals surface area contributed by atoms with Crippen molar-refractivity contribution in [1.82, 2.24) is 4.48 Å². The second-order valence-corrected chi connectivity index (χ2v) is 24.0. The number of hydrogen-bond donors (Lipinski definition) is 0. The summed E-state index contributed by atoms with van der Waals surface area (Å²) in [7, 11) is 0. The van der Waals surface area contributed by atoms with Gasteiger partial charge in [-0.2, -0.15) is 0 Å². The van der Waals surface area contributed by atoms with Crippen molar-refractivity contribution in [3.05, 3.63) is 186 Å². The Morgan fingerprint density at radius 2 is 0.897 bits per heavy atom. The average Bonchev–Trinajstić information content (AvgIpc) is 3.63. The van der Waals surface area contributed by atoms with Gasteiger partial charge in [-0.1, -0.05) is 192 Å². The van der Waals surface area contributed by atoms with Gasteiger partial charge in [0, 0.05) is 44.4 Å². The Balaban J connectivity index is 1.22. The van der Waals surface area contributed by atoms with Crippen molar-refractivity contribution in [2.45, 2.75) is 112 Å². The molecule has 3 heteroatoms. The van der Waals surface area contributed by atoms with Gasteiger partial charge in [-0.25, -0.2) is 0 Å². The standard InChI is InChI=1S/C65H65BN2/c1-40-51(45-25-23-44(24-26-45)43-21-19-42(20-22-43)41-17-15-14-16-18-41)39-58-60-59(40)54-37-49(65(11,12)13)36-53-52-35-47(63(5,6)7)29-33-56(52)68(61(53)54)66(60)55-38-48(64(8,9)10)30-34-57(55)67(58)50-31-27-46(28-32-50)62(2,3)4/h14-39H,1-13H3. The number of aromatic nitrogens is 1. The lowest BCUT2D eigenvalue weighted by Gasteiger charge is -2.42. The van der Waals surface area contributed by atoms with Crippen LogP contribution >= 0.6 is 0 Å². The van der Waals surface area contributed by atoms with E-state index in [1.54, 1.807) is 0 Å². The summed E-state index contributed by atoms with van der Waals surface area (Å²) < 4.78 is 2.74. The molecule has 0 amide bonds. The summed E-state index contributed by atoms with van der Waals surface area (Å²) in [6, 6.07) is 60.7. The molecule has 0 fully saturated rings. The van der Waals surface area contributed by atoms with Crippen molar-refractivity contribution in [2.75, 3.05) is 4.90 Å².